The van der Waals surface area contributed by atoms with E-state index in [-0.39, 0.29) is 11.4 Å². The highest BCUT2D eigenvalue weighted by Gasteiger charge is 2.15. The summed E-state index contributed by atoms with van der Waals surface area (Å²) in [6.45, 7) is 0. The number of rotatable bonds is 6. The lowest BCUT2D eigenvalue weighted by atomic mass is 10.1. The average molecular weight is 405 g/mol. The van der Waals surface area contributed by atoms with Crippen molar-refractivity contribution in [2.45, 2.75) is 0 Å². The van der Waals surface area contributed by atoms with E-state index in [4.69, 9.17) is 0 Å². The second kappa shape index (κ2) is 9.24. The Bertz CT molecular complexity index is 1100. The molecule has 0 aliphatic carbocycles. The molecule has 0 unspecified atom stereocenters. The lowest BCUT2D eigenvalue weighted by Crippen LogP contribution is -2.30. The summed E-state index contributed by atoms with van der Waals surface area (Å²) < 4.78 is 13.2. The zero-order chi connectivity index (χ0) is 21.5. The van der Waals surface area contributed by atoms with Crippen molar-refractivity contribution in [3.63, 3.8) is 0 Å². The van der Waals surface area contributed by atoms with Gasteiger partial charge in [0.1, 0.15) is 11.5 Å². The van der Waals surface area contributed by atoms with Crippen LogP contribution >= 0.6 is 0 Å². The number of carbonyl (C=O) groups excluding carboxylic acids is 2. The standard InChI is InChI=1S/C22H16FN3O4/c23-17-8-6-15(7-9-17)14-20(25-21(27)16-4-2-1-3-5-16)22(28)24-18-10-12-19(13-11-18)26(29)30/h1-14H,(H,24,28)(H,25,27)/b20-14+. The van der Waals surface area contributed by atoms with Gasteiger partial charge >= 0.3 is 0 Å². The van der Waals surface area contributed by atoms with Crippen molar-refractivity contribution in [3.05, 3.63) is 112 Å². The molecule has 2 amide bonds. The Hall–Kier alpha value is -4.33. The Morgan fingerprint density at radius 3 is 2.13 bits per heavy atom. The molecular weight excluding hydrogens is 389 g/mol. The third kappa shape index (κ3) is 5.35. The molecule has 150 valence electrons. The van der Waals surface area contributed by atoms with Crippen molar-refractivity contribution >= 4 is 29.3 Å². The molecule has 0 saturated carbocycles. The predicted molar refractivity (Wildman–Crippen MR) is 110 cm³/mol. The Kier molecular flexibility index (Phi) is 6.29. The van der Waals surface area contributed by atoms with Crippen LogP contribution in [0.5, 0.6) is 0 Å². The van der Waals surface area contributed by atoms with Crippen LogP contribution in [-0.2, 0) is 4.79 Å². The van der Waals surface area contributed by atoms with E-state index in [9.17, 15) is 24.1 Å². The van der Waals surface area contributed by atoms with Crippen LogP contribution in [0.25, 0.3) is 6.08 Å². The molecule has 0 aromatic heterocycles. The van der Waals surface area contributed by atoms with Crippen LogP contribution in [0.3, 0.4) is 0 Å². The fourth-order valence-corrected chi connectivity index (χ4v) is 2.53. The number of hydrogen-bond donors (Lipinski definition) is 2. The summed E-state index contributed by atoms with van der Waals surface area (Å²) in [7, 11) is 0. The number of non-ortho nitro benzene ring substituents is 1. The average Bonchev–Trinajstić information content (AvgIpc) is 2.75. The minimum Gasteiger partial charge on any atom is -0.321 e. The predicted octanol–water partition coefficient (Wildman–Crippen LogP) is 4.14. The first-order valence-corrected chi connectivity index (χ1v) is 8.82. The number of carbonyl (C=O) groups is 2. The van der Waals surface area contributed by atoms with Gasteiger partial charge < -0.3 is 10.6 Å². The zero-order valence-electron chi connectivity index (χ0n) is 15.5. The number of benzene rings is 3. The molecule has 0 heterocycles. The van der Waals surface area contributed by atoms with Crippen molar-refractivity contribution in [1.82, 2.24) is 5.32 Å². The summed E-state index contributed by atoms with van der Waals surface area (Å²) in [6.07, 6.45) is 1.40. The molecule has 30 heavy (non-hydrogen) atoms. The lowest BCUT2D eigenvalue weighted by molar-refractivity contribution is -0.384. The van der Waals surface area contributed by atoms with Crippen LogP contribution in [0, 0.1) is 15.9 Å². The molecule has 0 fully saturated rings. The van der Waals surface area contributed by atoms with E-state index in [1.54, 1.807) is 30.3 Å². The first kappa shape index (κ1) is 20.4. The molecule has 3 rings (SSSR count). The van der Waals surface area contributed by atoms with Gasteiger partial charge in [-0.05, 0) is 48.0 Å². The van der Waals surface area contributed by atoms with Crippen molar-refractivity contribution in [2.24, 2.45) is 0 Å². The summed E-state index contributed by atoms with van der Waals surface area (Å²) in [6, 6.07) is 19.0. The molecule has 0 aliphatic heterocycles. The summed E-state index contributed by atoms with van der Waals surface area (Å²) in [5, 5.41) is 15.9. The summed E-state index contributed by atoms with van der Waals surface area (Å²) in [5.74, 6) is -1.57. The van der Waals surface area contributed by atoms with Crippen LogP contribution in [-0.4, -0.2) is 16.7 Å². The summed E-state index contributed by atoms with van der Waals surface area (Å²) in [4.78, 5) is 35.5. The van der Waals surface area contributed by atoms with Gasteiger partial charge in [-0.1, -0.05) is 30.3 Å². The highest BCUT2D eigenvalue weighted by Crippen LogP contribution is 2.17. The normalized spacial score (nSPS) is 10.9. The van der Waals surface area contributed by atoms with E-state index in [0.29, 0.717) is 16.8 Å². The Labute approximate surface area is 171 Å². The van der Waals surface area contributed by atoms with Crippen LogP contribution in [0.1, 0.15) is 15.9 Å². The zero-order valence-corrected chi connectivity index (χ0v) is 15.5. The number of nitro groups is 1. The molecule has 2 N–H and O–H groups in total. The van der Waals surface area contributed by atoms with E-state index in [1.165, 1.54) is 54.6 Å². The maximum Gasteiger partial charge on any atom is 0.272 e. The number of halogens is 1. The highest BCUT2D eigenvalue weighted by atomic mass is 19.1. The first-order chi connectivity index (χ1) is 14.4. The topological polar surface area (TPSA) is 101 Å². The van der Waals surface area contributed by atoms with Crippen LogP contribution in [0.4, 0.5) is 15.8 Å². The van der Waals surface area contributed by atoms with E-state index in [1.807, 2.05) is 0 Å². The molecule has 0 saturated heterocycles. The fraction of sp³-hybridized carbons (Fsp3) is 0. The number of nitrogens with one attached hydrogen (secondary N) is 2. The quantitative estimate of drug-likeness (QED) is 0.365. The van der Waals surface area contributed by atoms with Gasteiger partial charge in [-0.3, -0.25) is 19.7 Å². The van der Waals surface area contributed by atoms with E-state index in [2.05, 4.69) is 10.6 Å². The van der Waals surface area contributed by atoms with E-state index < -0.39 is 22.6 Å². The molecule has 0 spiro atoms. The molecule has 0 aliphatic rings. The largest absolute Gasteiger partial charge is 0.321 e. The number of nitro benzene ring substituents is 1. The van der Waals surface area contributed by atoms with Gasteiger partial charge in [-0.15, -0.1) is 0 Å². The fourth-order valence-electron chi connectivity index (χ4n) is 2.53. The molecule has 0 radical (unpaired) electrons. The van der Waals surface area contributed by atoms with Crippen LogP contribution < -0.4 is 10.6 Å². The third-order valence-electron chi connectivity index (χ3n) is 4.05. The molecule has 8 heteroatoms. The molecule has 0 bridgehead atoms. The smallest absolute Gasteiger partial charge is 0.272 e. The second-order valence-electron chi connectivity index (χ2n) is 6.19. The van der Waals surface area contributed by atoms with Gasteiger partial charge in [-0.25, -0.2) is 4.39 Å². The highest BCUT2D eigenvalue weighted by molar-refractivity contribution is 6.10. The number of nitrogens with zero attached hydrogens (tertiary/aromatic N) is 1. The summed E-state index contributed by atoms with van der Waals surface area (Å²) >= 11 is 0. The monoisotopic (exact) mass is 405 g/mol. The van der Waals surface area contributed by atoms with Crippen LogP contribution in [0.15, 0.2) is 84.6 Å². The lowest BCUT2D eigenvalue weighted by Gasteiger charge is -2.11. The van der Waals surface area contributed by atoms with Crippen molar-refractivity contribution in [3.8, 4) is 0 Å². The SMILES string of the molecule is O=C(Nc1ccc([N+](=O)[O-])cc1)/C(=C\c1ccc(F)cc1)NC(=O)c1ccccc1. The molecule has 0 atom stereocenters. The van der Waals surface area contributed by atoms with Crippen LogP contribution in [0.2, 0.25) is 0 Å². The van der Waals surface area contributed by atoms with E-state index >= 15 is 0 Å². The molecule has 3 aromatic carbocycles. The Balaban J connectivity index is 1.85. The van der Waals surface area contributed by atoms with E-state index in [0.717, 1.165) is 0 Å². The number of hydrogen-bond acceptors (Lipinski definition) is 4. The molecule has 7 nitrogen and oxygen atoms in total. The van der Waals surface area contributed by atoms with Gasteiger partial charge in [0.05, 0.1) is 4.92 Å². The minimum atomic E-state index is -0.641. The number of anilines is 1. The van der Waals surface area contributed by atoms with Gasteiger partial charge in [0.25, 0.3) is 17.5 Å². The van der Waals surface area contributed by atoms with Crippen molar-refractivity contribution < 1.29 is 18.9 Å². The maximum atomic E-state index is 13.2. The van der Waals surface area contributed by atoms with Crippen molar-refractivity contribution in [1.29, 1.82) is 0 Å². The Morgan fingerprint density at radius 1 is 0.900 bits per heavy atom. The first-order valence-electron chi connectivity index (χ1n) is 8.82. The number of amides is 2. The van der Waals surface area contributed by atoms with Crippen molar-refractivity contribution in [2.75, 3.05) is 5.32 Å². The Morgan fingerprint density at radius 2 is 1.53 bits per heavy atom. The maximum absolute atomic E-state index is 13.2. The van der Waals surface area contributed by atoms with Gasteiger partial charge in [-0.2, -0.15) is 0 Å². The second-order valence-corrected chi connectivity index (χ2v) is 6.19. The molecule has 3 aromatic rings. The summed E-state index contributed by atoms with van der Waals surface area (Å²) in [5.41, 5.74) is 0.968. The van der Waals surface area contributed by atoms with Gasteiger partial charge in [0.15, 0.2) is 0 Å². The third-order valence-corrected chi connectivity index (χ3v) is 4.05. The molecular formula is C22H16FN3O4. The minimum absolute atomic E-state index is 0.0752. The van der Waals surface area contributed by atoms with Gasteiger partial charge in [0, 0.05) is 23.4 Å². The van der Waals surface area contributed by atoms with Gasteiger partial charge in [0.2, 0.25) is 0 Å².